The number of hydrogen-bond donors (Lipinski definition) is 3. The van der Waals surface area contributed by atoms with E-state index in [0.29, 0.717) is 30.7 Å². The Morgan fingerprint density at radius 3 is 2.48 bits per heavy atom. The van der Waals surface area contributed by atoms with Crippen molar-refractivity contribution in [3.05, 3.63) is 65.0 Å². The highest BCUT2D eigenvalue weighted by atomic mass is 79.9. The van der Waals surface area contributed by atoms with Crippen LogP contribution in [0.4, 0.5) is 5.82 Å². The van der Waals surface area contributed by atoms with Crippen molar-refractivity contribution in [2.75, 3.05) is 12.3 Å². The van der Waals surface area contributed by atoms with E-state index in [2.05, 4.69) is 26.0 Å². The molecule has 5 rings (SSSR count). The number of halogens is 1. The first kappa shape index (κ1) is 22.0. The highest BCUT2D eigenvalue weighted by Crippen LogP contribution is 2.42. The number of fused-ring (bicyclic) bond motifs is 1. The quantitative estimate of drug-likeness (QED) is 0.364. The molecule has 0 unspecified atom stereocenters. The molecule has 3 aromatic heterocycles. The average molecular weight is 508 g/mol. The van der Waals surface area contributed by atoms with Crippen LogP contribution < -0.4 is 5.73 Å². The molecular formula is C25H26BrN5O2. The summed E-state index contributed by atoms with van der Waals surface area (Å²) in [4.78, 5) is 9.63. The summed E-state index contributed by atoms with van der Waals surface area (Å²) in [7, 11) is 0. The van der Waals surface area contributed by atoms with Gasteiger partial charge in [-0.2, -0.15) is 9.61 Å². The predicted molar refractivity (Wildman–Crippen MR) is 132 cm³/mol. The topological polar surface area (TPSA) is 110 Å². The van der Waals surface area contributed by atoms with E-state index < -0.39 is 5.60 Å². The minimum absolute atomic E-state index is 0.00169. The predicted octanol–water partition coefficient (Wildman–Crippen LogP) is 4.57. The number of anilines is 1. The highest BCUT2D eigenvalue weighted by molar-refractivity contribution is 9.10. The summed E-state index contributed by atoms with van der Waals surface area (Å²) in [5.41, 5.74) is 11.0. The molecule has 0 amide bonds. The van der Waals surface area contributed by atoms with Crippen LogP contribution in [-0.4, -0.2) is 42.0 Å². The number of pyridine rings is 1. The molecule has 7 nitrogen and oxygen atoms in total. The third-order valence-electron chi connectivity index (χ3n) is 6.67. The van der Waals surface area contributed by atoms with Crippen molar-refractivity contribution >= 4 is 27.4 Å². The Morgan fingerprint density at radius 1 is 1.06 bits per heavy atom. The van der Waals surface area contributed by atoms with E-state index in [-0.39, 0.29) is 12.5 Å². The zero-order valence-corrected chi connectivity index (χ0v) is 19.7. The monoisotopic (exact) mass is 507 g/mol. The average Bonchev–Trinajstić information content (AvgIpc) is 3.27. The molecule has 170 valence electrons. The fraction of sp³-hybridized carbons (Fsp3) is 0.320. The van der Waals surface area contributed by atoms with Crippen LogP contribution in [0, 0.1) is 0 Å². The summed E-state index contributed by atoms with van der Waals surface area (Å²) in [5, 5.41) is 24.4. The van der Waals surface area contributed by atoms with Gasteiger partial charge in [0.15, 0.2) is 5.65 Å². The molecule has 0 aliphatic heterocycles. The number of aliphatic hydroxyl groups is 2. The van der Waals surface area contributed by atoms with Gasteiger partial charge in [-0.05, 0) is 54.1 Å². The second kappa shape index (κ2) is 8.85. The van der Waals surface area contributed by atoms with Gasteiger partial charge in [0.1, 0.15) is 5.82 Å². The van der Waals surface area contributed by atoms with E-state index in [1.165, 1.54) is 0 Å². The normalized spacial score (nSPS) is 20.9. The molecule has 33 heavy (non-hydrogen) atoms. The molecule has 0 saturated heterocycles. The minimum atomic E-state index is -0.790. The second-order valence-corrected chi connectivity index (χ2v) is 9.55. The lowest BCUT2D eigenvalue weighted by Crippen LogP contribution is -2.34. The number of aromatic nitrogens is 4. The second-order valence-electron chi connectivity index (χ2n) is 8.76. The van der Waals surface area contributed by atoms with Crippen LogP contribution in [-0.2, 0) is 0 Å². The molecule has 4 aromatic rings. The van der Waals surface area contributed by atoms with Crippen LogP contribution in [0.3, 0.4) is 0 Å². The number of nitrogens with zero attached hydrogens (tertiary/aromatic N) is 4. The van der Waals surface area contributed by atoms with Gasteiger partial charge in [-0.15, -0.1) is 0 Å². The lowest BCUT2D eigenvalue weighted by atomic mass is 9.76. The van der Waals surface area contributed by atoms with Crippen molar-refractivity contribution in [3.8, 4) is 22.4 Å². The lowest BCUT2D eigenvalue weighted by Gasteiger charge is -2.35. The molecule has 1 aliphatic carbocycles. The summed E-state index contributed by atoms with van der Waals surface area (Å²) in [5.74, 6) is 0.679. The maximum Gasteiger partial charge on any atom is 0.165 e. The van der Waals surface area contributed by atoms with Crippen molar-refractivity contribution in [2.24, 2.45) is 0 Å². The van der Waals surface area contributed by atoms with Gasteiger partial charge in [-0.3, -0.25) is 4.98 Å². The molecule has 8 heteroatoms. The first-order valence-corrected chi connectivity index (χ1v) is 12.0. The zero-order chi connectivity index (χ0) is 23.0. The molecule has 0 radical (unpaired) electrons. The lowest BCUT2D eigenvalue weighted by molar-refractivity contribution is -0.0206. The van der Waals surface area contributed by atoms with Crippen LogP contribution in [0.2, 0.25) is 0 Å². The van der Waals surface area contributed by atoms with E-state index in [1.54, 1.807) is 10.7 Å². The molecule has 4 N–H and O–H groups in total. The van der Waals surface area contributed by atoms with Crippen molar-refractivity contribution in [1.82, 2.24) is 19.6 Å². The SMILES string of the molecule is Nc1c(Br)c([C@H]2CC[C@](O)(CCO)CC2)nc2c(-c3ccc(-c4ccccc4)nc3)cnn12. The molecule has 1 saturated carbocycles. The molecule has 3 heterocycles. The molecule has 0 atom stereocenters. The smallest absolute Gasteiger partial charge is 0.165 e. The molecule has 1 fully saturated rings. The maximum absolute atomic E-state index is 10.7. The third kappa shape index (κ3) is 4.14. The standard InChI is InChI=1S/C25H26BrN5O2/c26-21-22(17-8-10-25(33,11-9-17)12-13-32)30-24-19(15-29-31(24)23(21)27)18-6-7-20(28-14-18)16-4-2-1-3-5-16/h1-7,14-15,17,32-33H,8-13,27H2/t17-,25+. The molecule has 0 bridgehead atoms. The van der Waals surface area contributed by atoms with E-state index >= 15 is 0 Å². The first-order valence-electron chi connectivity index (χ1n) is 11.2. The van der Waals surface area contributed by atoms with Crippen LogP contribution in [0.15, 0.2) is 59.3 Å². The summed E-state index contributed by atoms with van der Waals surface area (Å²) < 4.78 is 2.40. The Kier molecular flexibility index (Phi) is 5.90. The zero-order valence-electron chi connectivity index (χ0n) is 18.2. The minimum Gasteiger partial charge on any atom is -0.396 e. The Balaban J connectivity index is 1.49. The van der Waals surface area contributed by atoms with E-state index in [9.17, 15) is 10.2 Å². The summed E-state index contributed by atoms with van der Waals surface area (Å²) >= 11 is 3.63. The molecular weight excluding hydrogens is 482 g/mol. The van der Waals surface area contributed by atoms with Crippen molar-refractivity contribution < 1.29 is 10.2 Å². The van der Waals surface area contributed by atoms with Crippen LogP contribution in [0.5, 0.6) is 0 Å². The van der Waals surface area contributed by atoms with E-state index in [4.69, 9.17) is 10.7 Å². The fourth-order valence-electron chi connectivity index (χ4n) is 4.71. The Hall–Kier alpha value is -2.81. The van der Waals surface area contributed by atoms with Crippen LogP contribution >= 0.6 is 15.9 Å². The maximum atomic E-state index is 10.7. The number of benzene rings is 1. The number of aliphatic hydroxyl groups excluding tert-OH is 1. The van der Waals surface area contributed by atoms with Crippen LogP contribution in [0.1, 0.15) is 43.7 Å². The van der Waals surface area contributed by atoms with Crippen molar-refractivity contribution in [3.63, 3.8) is 0 Å². The van der Waals surface area contributed by atoms with Gasteiger partial charge in [0, 0.05) is 35.4 Å². The summed E-state index contributed by atoms with van der Waals surface area (Å²) in [6.07, 6.45) is 6.86. The molecule has 0 spiro atoms. The number of nitrogens with two attached hydrogens (primary N) is 1. The Bertz CT molecular complexity index is 1270. The summed E-state index contributed by atoms with van der Waals surface area (Å²) in [6, 6.07) is 14.1. The van der Waals surface area contributed by atoms with Gasteiger partial charge < -0.3 is 15.9 Å². The summed E-state index contributed by atoms with van der Waals surface area (Å²) in [6.45, 7) is -0.00169. The number of nitrogen functional groups attached to an aromatic ring is 1. The van der Waals surface area contributed by atoms with Crippen molar-refractivity contribution in [2.45, 2.75) is 43.6 Å². The van der Waals surface area contributed by atoms with Gasteiger partial charge in [0.05, 0.1) is 27.7 Å². The van der Waals surface area contributed by atoms with Crippen molar-refractivity contribution in [1.29, 1.82) is 0 Å². The van der Waals surface area contributed by atoms with Gasteiger partial charge in [-0.25, -0.2) is 4.98 Å². The van der Waals surface area contributed by atoms with Gasteiger partial charge in [-0.1, -0.05) is 36.4 Å². The molecule has 1 aliphatic rings. The Morgan fingerprint density at radius 2 is 1.82 bits per heavy atom. The van der Waals surface area contributed by atoms with E-state index in [0.717, 1.165) is 45.4 Å². The number of rotatable bonds is 5. The first-order chi connectivity index (χ1) is 16.0. The van der Waals surface area contributed by atoms with Crippen LogP contribution in [0.25, 0.3) is 28.0 Å². The Labute approximate surface area is 200 Å². The molecule has 1 aromatic carbocycles. The number of hydrogen-bond acceptors (Lipinski definition) is 6. The van der Waals surface area contributed by atoms with Gasteiger partial charge in [0.2, 0.25) is 0 Å². The van der Waals surface area contributed by atoms with Gasteiger partial charge >= 0.3 is 0 Å². The highest BCUT2D eigenvalue weighted by Gasteiger charge is 2.35. The largest absolute Gasteiger partial charge is 0.396 e. The van der Waals surface area contributed by atoms with E-state index in [1.807, 2.05) is 48.7 Å². The fourth-order valence-corrected chi connectivity index (χ4v) is 5.29. The third-order valence-corrected chi connectivity index (χ3v) is 7.48. The van der Waals surface area contributed by atoms with Gasteiger partial charge in [0.25, 0.3) is 0 Å².